The molecule has 1 atom stereocenters. The molecule has 0 radical (unpaired) electrons. The van der Waals surface area contributed by atoms with Gasteiger partial charge in [0.1, 0.15) is 0 Å². The van der Waals surface area contributed by atoms with E-state index in [0.717, 1.165) is 13.0 Å². The maximum absolute atomic E-state index is 3.63. The van der Waals surface area contributed by atoms with Crippen LogP contribution in [-0.2, 0) is 6.42 Å². The van der Waals surface area contributed by atoms with Crippen molar-refractivity contribution in [2.75, 3.05) is 6.54 Å². The van der Waals surface area contributed by atoms with Crippen LogP contribution in [0.1, 0.15) is 29.8 Å². The van der Waals surface area contributed by atoms with Crippen LogP contribution in [0.15, 0.2) is 34.3 Å². The highest BCUT2D eigenvalue weighted by Gasteiger charge is 2.14. The van der Waals surface area contributed by atoms with E-state index >= 15 is 0 Å². The zero-order chi connectivity index (χ0) is 13.1. The fraction of sp³-hybridized carbons (Fsp3) is 0.333. The van der Waals surface area contributed by atoms with E-state index < -0.39 is 0 Å². The molecule has 3 aromatic heterocycles. The summed E-state index contributed by atoms with van der Waals surface area (Å²) >= 11 is 5.57. The third kappa shape index (κ3) is 3.08. The Morgan fingerprint density at radius 2 is 2.16 bits per heavy atom. The van der Waals surface area contributed by atoms with Gasteiger partial charge in [-0.2, -0.15) is 11.3 Å². The van der Waals surface area contributed by atoms with Gasteiger partial charge in [0.25, 0.3) is 0 Å². The second kappa shape index (κ2) is 6.18. The number of aryl methyl sites for hydroxylation is 1. The van der Waals surface area contributed by atoms with Crippen LogP contribution in [0, 0.1) is 0 Å². The summed E-state index contributed by atoms with van der Waals surface area (Å²) < 4.78 is 2.86. The van der Waals surface area contributed by atoms with Crippen LogP contribution in [0.3, 0.4) is 0 Å². The second-order valence-electron chi connectivity index (χ2n) is 4.58. The smallest absolute Gasteiger partial charge is 0.0454 e. The van der Waals surface area contributed by atoms with Gasteiger partial charge in [0.15, 0.2) is 0 Å². The highest BCUT2D eigenvalue weighted by Crippen LogP contribution is 2.34. The van der Waals surface area contributed by atoms with Crippen LogP contribution in [0.5, 0.6) is 0 Å². The van der Waals surface area contributed by atoms with Crippen molar-refractivity contribution >= 4 is 43.4 Å². The van der Waals surface area contributed by atoms with Crippen molar-refractivity contribution in [1.82, 2.24) is 5.32 Å². The molecular weight excluding hydrogens is 290 g/mol. The van der Waals surface area contributed by atoms with Crippen LogP contribution < -0.4 is 5.32 Å². The Hall–Kier alpha value is -0.680. The molecule has 1 unspecified atom stereocenters. The largest absolute Gasteiger partial charge is 0.310 e. The fourth-order valence-corrected chi connectivity index (χ4v) is 5.23. The van der Waals surface area contributed by atoms with Crippen LogP contribution in [0.25, 0.3) is 9.40 Å². The van der Waals surface area contributed by atoms with Gasteiger partial charge in [0.2, 0.25) is 0 Å². The number of fused-ring (bicyclic) bond motifs is 1. The molecule has 0 saturated heterocycles. The molecule has 0 aromatic carbocycles. The minimum absolute atomic E-state index is 0.495. The summed E-state index contributed by atoms with van der Waals surface area (Å²) in [4.78, 5) is 1.49. The van der Waals surface area contributed by atoms with E-state index in [1.807, 2.05) is 22.7 Å². The van der Waals surface area contributed by atoms with E-state index in [-0.39, 0.29) is 0 Å². The topological polar surface area (TPSA) is 12.0 Å². The average Bonchev–Trinajstić information content (AvgIpc) is 3.09. The van der Waals surface area contributed by atoms with Gasteiger partial charge < -0.3 is 5.32 Å². The van der Waals surface area contributed by atoms with Crippen molar-refractivity contribution < 1.29 is 0 Å². The van der Waals surface area contributed by atoms with Crippen LogP contribution in [0.2, 0.25) is 0 Å². The maximum Gasteiger partial charge on any atom is 0.0454 e. The highest BCUT2D eigenvalue weighted by molar-refractivity contribution is 7.26. The highest BCUT2D eigenvalue weighted by atomic mass is 32.1. The summed E-state index contributed by atoms with van der Waals surface area (Å²) in [6, 6.07) is 7.33. The normalized spacial score (nSPS) is 13.1. The molecule has 3 aromatic rings. The van der Waals surface area contributed by atoms with Gasteiger partial charge in [0, 0.05) is 20.3 Å². The lowest BCUT2D eigenvalue weighted by Crippen LogP contribution is -2.20. The van der Waals surface area contributed by atoms with Crippen molar-refractivity contribution in [3.05, 3.63) is 44.8 Å². The summed E-state index contributed by atoms with van der Waals surface area (Å²) in [5.74, 6) is 0. The van der Waals surface area contributed by atoms with Gasteiger partial charge in [-0.05, 0) is 59.3 Å². The van der Waals surface area contributed by atoms with Crippen molar-refractivity contribution in [3.63, 3.8) is 0 Å². The zero-order valence-electron chi connectivity index (χ0n) is 10.9. The monoisotopic (exact) mass is 307 g/mol. The van der Waals surface area contributed by atoms with E-state index in [4.69, 9.17) is 0 Å². The second-order valence-corrected chi connectivity index (χ2v) is 7.42. The fourth-order valence-electron chi connectivity index (χ4n) is 2.29. The Labute approximate surface area is 125 Å². The molecule has 0 bridgehead atoms. The molecule has 0 aliphatic heterocycles. The van der Waals surface area contributed by atoms with E-state index in [9.17, 15) is 0 Å². The summed E-state index contributed by atoms with van der Waals surface area (Å²) in [5, 5.41) is 10.2. The first kappa shape index (κ1) is 13.3. The number of hydrogen-bond donors (Lipinski definition) is 1. The van der Waals surface area contributed by atoms with E-state index in [1.165, 1.54) is 26.3 Å². The first-order valence-corrected chi connectivity index (χ1v) is 9.22. The predicted molar refractivity (Wildman–Crippen MR) is 88.8 cm³/mol. The zero-order valence-corrected chi connectivity index (χ0v) is 13.3. The third-order valence-corrected chi connectivity index (χ3v) is 6.19. The van der Waals surface area contributed by atoms with Crippen molar-refractivity contribution in [2.24, 2.45) is 0 Å². The van der Waals surface area contributed by atoms with Gasteiger partial charge in [0.05, 0.1) is 0 Å². The molecule has 0 spiro atoms. The average molecular weight is 308 g/mol. The first-order valence-electron chi connectivity index (χ1n) is 6.58. The van der Waals surface area contributed by atoms with E-state index in [2.05, 4.69) is 46.6 Å². The van der Waals surface area contributed by atoms with Crippen molar-refractivity contribution in [3.8, 4) is 0 Å². The molecule has 19 heavy (non-hydrogen) atoms. The number of rotatable bonds is 6. The Bertz CT molecular complexity index is 592. The minimum Gasteiger partial charge on any atom is -0.310 e. The minimum atomic E-state index is 0.495. The molecule has 0 aliphatic rings. The quantitative estimate of drug-likeness (QED) is 0.651. The standard InChI is InChI=1S/C15H17NS3/c1-2-16-12(4-3-11-5-7-17-10-11)14-9-15-13(19-14)6-8-18-15/h5-10,12,16H,2-4H2,1H3. The Morgan fingerprint density at radius 1 is 1.21 bits per heavy atom. The Balaban J connectivity index is 1.74. The predicted octanol–water partition coefficient (Wildman–Crippen LogP) is 5.31. The molecule has 3 rings (SSSR count). The molecular formula is C15H17NS3. The molecule has 100 valence electrons. The van der Waals surface area contributed by atoms with Gasteiger partial charge in [-0.25, -0.2) is 0 Å². The van der Waals surface area contributed by atoms with Crippen molar-refractivity contribution in [2.45, 2.75) is 25.8 Å². The Morgan fingerprint density at radius 3 is 2.89 bits per heavy atom. The first-order chi connectivity index (χ1) is 9.36. The van der Waals surface area contributed by atoms with Crippen LogP contribution in [0.4, 0.5) is 0 Å². The summed E-state index contributed by atoms with van der Waals surface area (Å²) in [6.07, 6.45) is 2.34. The van der Waals surface area contributed by atoms with Gasteiger partial charge >= 0.3 is 0 Å². The lowest BCUT2D eigenvalue weighted by atomic mass is 10.1. The Kier molecular flexibility index (Phi) is 4.33. The number of hydrogen-bond acceptors (Lipinski definition) is 4. The molecule has 4 heteroatoms. The van der Waals surface area contributed by atoms with Gasteiger partial charge in [-0.15, -0.1) is 22.7 Å². The molecule has 3 heterocycles. The van der Waals surface area contributed by atoms with Crippen LogP contribution in [-0.4, -0.2) is 6.54 Å². The molecule has 1 N–H and O–H groups in total. The molecule has 0 amide bonds. The summed E-state index contributed by atoms with van der Waals surface area (Å²) in [6.45, 7) is 3.22. The molecule has 0 saturated carbocycles. The number of nitrogens with one attached hydrogen (secondary N) is 1. The molecule has 1 nitrogen and oxygen atoms in total. The summed E-state index contributed by atoms with van der Waals surface area (Å²) in [5.41, 5.74) is 1.46. The van der Waals surface area contributed by atoms with Crippen LogP contribution >= 0.6 is 34.0 Å². The van der Waals surface area contributed by atoms with E-state index in [1.54, 1.807) is 11.3 Å². The van der Waals surface area contributed by atoms with Crippen molar-refractivity contribution in [1.29, 1.82) is 0 Å². The summed E-state index contributed by atoms with van der Waals surface area (Å²) in [7, 11) is 0. The number of thiophene rings is 3. The maximum atomic E-state index is 3.63. The SMILES string of the molecule is CCNC(CCc1ccsc1)c1cc2sccc2s1. The third-order valence-electron chi connectivity index (χ3n) is 3.25. The molecule has 0 fully saturated rings. The van der Waals surface area contributed by atoms with Gasteiger partial charge in [-0.3, -0.25) is 0 Å². The lowest BCUT2D eigenvalue weighted by Gasteiger charge is -2.15. The van der Waals surface area contributed by atoms with Gasteiger partial charge in [-0.1, -0.05) is 6.92 Å². The van der Waals surface area contributed by atoms with E-state index in [0.29, 0.717) is 6.04 Å². The lowest BCUT2D eigenvalue weighted by molar-refractivity contribution is 0.523. The molecule has 0 aliphatic carbocycles.